The van der Waals surface area contributed by atoms with Crippen LogP contribution in [0, 0.1) is 0 Å². The van der Waals surface area contributed by atoms with Gasteiger partial charge in [-0.15, -0.1) is 0 Å². The standard InChI is InChI=1S/C60H54BN3/c1-58(2,3)45-37-50-57-52(38-45)61-51-32-31-44(42-23-12-7-13-24-42)36-53(51)63(48-30-20-25-43(35-48)41-21-10-6-11-22-41)54-39-49(62(46-26-14-8-15-27-46)47-28-16-9-17-29-47)40-55(56(54)61)64(57)60(5)34-19-18-33-59(50,60)4/h6-17,20-32,35-40H,18-19,33-34H2,1-5H3. The highest BCUT2D eigenvalue weighted by atomic mass is 15.3. The number of para-hydroxylation sites is 2. The first kappa shape index (κ1) is 38.9. The van der Waals surface area contributed by atoms with Crippen LogP contribution < -0.4 is 31.1 Å². The highest BCUT2D eigenvalue weighted by molar-refractivity contribution is 7.00. The molecule has 0 N–H and O–H groups in total. The molecule has 3 heterocycles. The Morgan fingerprint density at radius 3 is 1.72 bits per heavy atom. The highest BCUT2D eigenvalue weighted by Crippen LogP contribution is 2.62. The molecule has 3 nitrogen and oxygen atoms in total. The van der Waals surface area contributed by atoms with Gasteiger partial charge in [0.1, 0.15) is 0 Å². The lowest BCUT2D eigenvalue weighted by Gasteiger charge is -2.53. The molecule has 64 heavy (non-hydrogen) atoms. The van der Waals surface area contributed by atoms with Crippen LogP contribution in [-0.4, -0.2) is 12.3 Å². The minimum atomic E-state index is -0.115. The van der Waals surface area contributed by atoms with Crippen LogP contribution in [0.3, 0.4) is 0 Å². The lowest BCUT2D eigenvalue weighted by molar-refractivity contribution is 0.195. The molecule has 0 amide bonds. The summed E-state index contributed by atoms with van der Waals surface area (Å²) < 4.78 is 0. The van der Waals surface area contributed by atoms with E-state index in [0.717, 1.165) is 29.2 Å². The summed E-state index contributed by atoms with van der Waals surface area (Å²) in [7, 11) is 0. The van der Waals surface area contributed by atoms with Gasteiger partial charge in [0, 0.05) is 45.2 Å². The maximum absolute atomic E-state index is 2.87. The summed E-state index contributed by atoms with van der Waals surface area (Å²) >= 11 is 0. The number of nitrogens with zero attached hydrogens (tertiary/aromatic N) is 3. The molecule has 1 aliphatic carbocycles. The highest BCUT2D eigenvalue weighted by Gasteiger charge is 2.61. The maximum Gasteiger partial charge on any atom is 0.252 e. The first-order valence-corrected chi connectivity index (χ1v) is 23.3. The number of rotatable bonds is 6. The van der Waals surface area contributed by atoms with Gasteiger partial charge in [-0.05, 0) is 130 Å². The molecule has 0 radical (unpaired) electrons. The van der Waals surface area contributed by atoms with Gasteiger partial charge < -0.3 is 14.7 Å². The molecular weight excluding hydrogens is 773 g/mol. The number of anilines is 8. The first-order valence-electron chi connectivity index (χ1n) is 23.3. The molecule has 4 aliphatic rings. The van der Waals surface area contributed by atoms with Gasteiger partial charge in [0.15, 0.2) is 0 Å². The monoisotopic (exact) mass is 827 g/mol. The molecule has 8 aromatic rings. The Labute approximate surface area is 379 Å². The molecule has 2 atom stereocenters. The quantitative estimate of drug-likeness (QED) is 0.155. The molecule has 0 spiro atoms. The Kier molecular flexibility index (Phi) is 8.73. The molecule has 2 unspecified atom stereocenters. The first-order chi connectivity index (χ1) is 31.1. The molecule has 312 valence electrons. The van der Waals surface area contributed by atoms with E-state index in [2.05, 4.69) is 237 Å². The fraction of sp³-hybridized carbons (Fsp3) is 0.200. The molecular formula is C60H54BN3. The molecule has 8 aromatic carbocycles. The van der Waals surface area contributed by atoms with E-state index in [9.17, 15) is 0 Å². The number of hydrogen-bond acceptors (Lipinski definition) is 3. The summed E-state index contributed by atoms with van der Waals surface area (Å²) in [6.45, 7) is 12.4. The van der Waals surface area contributed by atoms with Crippen LogP contribution >= 0.6 is 0 Å². The molecule has 3 aliphatic heterocycles. The van der Waals surface area contributed by atoms with Crippen LogP contribution in [0.1, 0.15) is 71.4 Å². The van der Waals surface area contributed by atoms with E-state index < -0.39 is 0 Å². The summed E-state index contributed by atoms with van der Waals surface area (Å²) in [6.07, 6.45) is 4.81. The van der Waals surface area contributed by atoms with Crippen molar-refractivity contribution in [1.29, 1.82) is 0 Å². The molecule has 1 saturated carbocycles. The molecule has 0 aromatic heterocycles. The second kappa shape index (κ2) is 14.4. The third-order valence-corrected chi connectivity index (χ3v) is 15.5. The maximum atomic E-state index is 2.87. The Morgan fingerprint density at radius 2 is 1.08 bits per heavy atom. The fourth-order valence-corrected chi connectivity index (χ4v) is 12.0. The van der Waals surface area contributed by atoms with E-state index >= 15 is 0 Å². The van der Waals surface area contributed by atoms with Crippen molar-refractivity contribution in [3.63, 3.8) is 0 Å². The topological polar surface area (TPSA) is 9.72 Å². The molecule has 0 saturated heterocycles. The van der Waals surface area contributed by atoms with Gasteiger partial charge in [0.2, 0.25) is 0 Å². The Hall–Kier alpha value is -6.78. The minimum absolute atomic E-state index is 0.0161. The summed E-state index contributed by atoms with van der Waals surface area (Å²) in [5.74, 6) is 0. The van der Waals surface area contributed by atoms with Crippen LogP contribution in [0.15, 0.2) is 188 Å². The number of hydrogen-bond donors (Lipinski definition) is 0. The summed E-state index contributed by atoms with van der Waals surface area (Å²) in [6, 6.07) is 70.5. The van der Waals surface area contributed by atoms with Crippen LogP contribution in [-0.2, 0) is 10.8 Å². The summed E-state index contributed by atoms with van der Waals surface area (Å²) in [5, 5.41) is 0. The number of benzene rings is 8. The zero-order chi connectivity index (χ0) is 43.4. The van der Waals surface area contributed by atoms with E-state index in [-0.39, 0.29) is 23.1 Å². The van der Waals surface area contributed by atoms with Gasteiger partial charge in [-0.2, -0.15) is 0 Å². The molecule has 0 bridgehead atoms. The van der Waals surface area contributed by atoms with E-state index in [4.69, 9.17) is 0 Å². The zero-order valence-electron chi connectivity index (χ0n) is 37.6. The smallest absolute Gasteiger partial charge is 0.252 e. The van der Waals surface area contributed by atoms with E-state index in [1.165, 1.54) is 91.8 Å². The fourth-order valence-electron chi connectivity index (χ4n) is 12.0. The predicted molar refractivity (Wildman–Crippen MR) is 273 cm³/mol. The second-order valence-electron chi connectivity index (χ2n) is 20.1. The minimum Gasteiger partial charge on any atom is -0.335 e. The normalized spacial score (nSPS) is 19.1. The average molecular weight is 828 g/mol. The van der Waals surface area contributed by atoms with Crippen LogP contribution in [0.4, 0.5) is 45.5 Å². The van der Waals surface area contributed by atoms with Crippen molar-refractivity contribution in [2.75, 3.05) is 14.7 Å². The van der Waals surface area contributed by atoms with Crippen LogP contribution in [0.25, 0.3) is 22.3 Å². The number of fused-ring (bicyclic) bond motifs is 7. The van der Waals surface area contributed by atoms with Gasteiger partial charge in [-0.1, -0.05) is 174 Å². The molecule has 1 fully saturated rings. The van der Waals surface area contributed by atoms with Gasteiger partial charge in [0.25, 0.3) is 6.71 Å². The lowest BCUT2D eigenvalue weighted by Crippen LogP contribution is -2.64. The van der Waals surface area contributed by atoms with Crippen molar-refractivity contribution in [2.45, 2.75) is 76.7 Å². The van der Waals surface area contributed by atoms with Gasteiger partial charge in [-0.25, -0.2) is 0 Å². The van der Waals surface area contributed by atoms with Crippen molar-refractivity contribution in [1.82, 2.24) is 0 Å². The largest absolute Gasteiger partial charge is 0.335 e. The van der Waals surface area contributed by atoms with Gasteiger partial charge in [-0.3, -0.25) is 0 Å². The third-order valence-electron chi connectivity index (χ3n) is 15.5. The lowest BCUT2D eigenvalue weighted by atomic mass is 9.33. The van der Waals surface area contributed by atoms with Crippen LogP contribution in [0.5, 0.6) is 0 Å². The zero-order valence-corrected chi connectivity index (χ0v) is 37.6. The van der Waals surface area contributed by atoms with Crippen molar-refractivity contribution in [2.24, 2.45) is 0 Å². The van der Waals surface area contributed by atoms with Crippen molar-refractivity contribution in [3.8, 4) is 22.3 Å². The summed E-state index contributed by atoms with van der Waals surface area (Å²) in [5.41, 5.74) is 21.7. The summed E-state index contributed by atoms with van der Waals surface area (Å²) in [4.78, 5) is 7.95. The van der Waals surface area contributed by atoms with Crippen LogP contribution in [0.2, 0.25) is 0 Å². The van der Waals surface area contributed by atoms with Crippen molar-refractivity contribution in [3.05, 3.63) is 199 Å². The average Bonchev–Trinajstić information content (AvgIpc) is 3.54. The van der Waals surface area contributed by atoms with E-state index in [0.29, 0.717) is 0 Å². The Morgan fingerprint density at radius 1 is 0.500 bits per heavy atom. The molecule has 4 heteroatoms. The second-order valence-corrected chi connectivity index (χ2v) is 20.1. The van der Waals surface area contributed by atoms with Crippen molar-refractivity contribution >= 4 is 68.6 Å². The molecule has 12 rings (SSSR count). The van der Waals surface area contributed by atoms with E-state index in [1.54, 1.807) is 0 Å². The van der Waals surface area contributed by atoms with Gasteiger partial charge in [0.05, 0.1) is 11.2 Å². The van der Waals surface area contributed by atoms with Gasteiger partial charge >= 0.3 is 0 Å². The third kappa shape index (κ3) is 5.74. The Balaban J connectivity index is 1.22. The predicted octanol–water partition coefficient (Wildman–Crippen LogP) is 14.1. The van der Waals surface area contributed by atoms with E-state index in [1.807, 2.05) is 0 Å². The Bertz CT molecular complexity index is 3050. The van der Waals surface area contributed by atoms with Crippen molar-refractivity contribution < 1.29 is 0 Å². The SMILES string of the molecule is CC(C)(C)c1cc2c3c(c1)C1(C)CCCCC1(C)N3c1cc(N(c3ccccc3)c3ccccc3)cc3c1B2c1ccc(-c2ccccc2)cc1N3c1cccc(-c2ccccc2)c1.